The molecule has 1 saturated carbocycles. The molecule has 1 nitrogen and oxygen atoms in total. The quantitative estimate of drug-likeness (QED) is 0.548. The summed E-state index contributed by atoms with van der Waals surface area (Å²) in [5.74, 6) is 0.931. The van der Waals surface area contributed by atoms with Gasteiger partial charge in [0.15, 0.2) is 0 Å². The van der Waals surface area contributed by atoms with Crippen LogP contribution in [0.1, 0.15) is 20.3 Å². The molecule has 0 aromatic carbocycles. The molecule has 0 N–H and O–H groups in total. The lowest BCUT2D eigenvalue weighted by Gasteiger charge is -2.50. The van der Waals surface area contributed by atoms with Crippen LogP contribution in [0.25, 0.3) is 0 Å². The van der Waals surface area contributed by atoms with Gasteiger partial charge in [0.25, 0.3) is 0 Å². The molecule has 0 radical (unpaired) electrons. The van der Waals surface area contributed by atoms with Crippen molar-refractivity contribution in [2.45, 2.75) is 24.2 Å². The van der Waals surface area contributed by atoms with Crippen molar-refractivity contribution in [3.8, 4) is 0 Å². The van der Waals surface area contributed by atoms with Crippen LogP contribution in [0.3, 0.4) is 0 Å². The summed E-state index contributed by atoms with van der Waals surface area (Å²) in [5.41, 5.74) is 0.587. The fourth-order valence-electron chi connectivity index (χ4n) is 2.35. The largest absolute Gasteiger partial charge is 0.309 e. The lowest BCUT2D eigenvalue weighted by atomic mass is 9.63. The maximum absolute atomic E-state index is 2.60. The highest BCUT2D eigenvalue weighted by atomic mass is 127. The van der Waals surface area contributed by atoms with Crippen molar-refractivity contribution in [2.75, 3.05) is 20.6 Å². The Morgan fingerprint density at radius 1 is 1.55 bits per heavy atom. The van der Waals surface area contributed by atoms with E-state index < -0.39 is 0 Å². The highest BCUT2D eigenvalue weighted by Crippen LogP contribution is 2.50. The van der Waals surface area contributed by atoms with Gasteiger partial charge in [0, 0.05) is 10.5 Å². The van der Waals surface area contributed by atoms with Crippen molar-refractivity contribution < 1.29 is 0 Å². The van der Waals surface area contributed by atoms with Gasteiger partial charge >= 0.3 is 0 Å². The van der Waals surface area contributed by atoms with Gasteiger partial charge in [0.05, 0.1) is 0 Å². The molecule has 0 aromatic rings. The summed E-state index contributed by atoms with van der Waals surface area (Å²) < 4.78 is 0.877. The van der Waals surface area contributed by atoms with Crippen molar-refractivity contribution in [1.29, 1.82) is 0 Å². The first-order valence-electron chi connectivity index (χ1n) is 4.24. The van der Waals surface area contributed by atoms with Crippen LogP contribution in [0.5, 0.6) is 0 Å². The Morgan fingerprint density at radius 2 is 2.09 bits per heavy atom. The Bertz CT molecular complexity index is 146. The van der Waals surface area contributed by atoms with Crippen LogP contribution < -0.4 is 0 Å². The van der Waals surface area contributed by atoms with Crippen LogP contribution in [0.4, 0.5) is 0 Å². The lowest BCUT2D eigenvalue weighted by Crippen LogP contribution is -2.51. The molecule has 0 amide bonds. The van der Waals surface area contributed by atoms with E-state index in [-0.39, 0.29) is 0 Å². The van der Waals surface area contributed by atoms with E-state index in [1.807, 2.05) is 0 Å². The number of nitrogens with zero attached hydrogens (tertiary/aromatic N) is 1. The first-order valence-corrected chi connectivity index (χ1v) is 5.49. The Hall–Kier alpha value is 0.690. The van der Waals surface area contributed by atoms with Crippen LogP contribution in [0.2, 0.25) is 0 Å². The summed E-state index contributed by atoms with van der Waals surface area (Å²) >= 11 is 2.60. The lowest BCUT2D eigenvalue weighted by molar-refractivity contribution is 0.0769. The van der Waals surface area contributed by atoms with Crippen molar-refractivity contribution in [3.05, 3.63) is 0 Å². The third kappa shape index (κ3) is 1.89. The summed E-state index contributed by atoms with van der Waals surface area (Å²) in [7, 11) is 4.33. The summed E-state index contributed by atoms with van der Waals surface area (Å²) in [6.45, 7) is 6.00. The van der Waals surface area contributed by atoms with Crippen molar-refractivity contribution >= 4 is 22.6 Å². The molecular weight excluding hydrogens is 249 g/mol. The van der Waals surface area contributed by atoms with Gasteiger partial charge in [-0.1, -0.05) is 36.4 Å². The van der Waals surface area contributed by atoms with Gasteiger partial charge in [-0.05, 0) is 31.8 Å². The van der Waals surface area contributed by atoms with E-state index >= 15 is 0 Å². The fraction of sp³-hybridized carbons (Fsp3) is 1.00. The first kappa shape index (κ1) is 9.78. The van der Waals surface area contributed by atoms with Crippen molar-refractivity contribution in [3.63, 3.8) is 0 Å². The predicted octanol–water partition coefficient (Wildman–Crippen LogP) is 2.40. The predicted molar refractivity (Wildman–Crippen MR) is 58.3 cm³/mol. The molecule has 0 bridgehead atoms. The van der Waals surface area contributed by atoms with Crippen LogP contribution >= 0.6 is 22.6 Å². The van der Waals surface area contributed by atoms with E-state index in [9.17, 15) is 0 Å². The van der Waals surface area contributed by atoms with Gasteiger partial charge in [-0.2, -0.15) is 0 Å². The molecule has 1 aliphatic carbocycles. The maximum atomic E-state index is 2.60. The average molecular weight is 267 g/mol. The normalized spacial score (nSPS) is 44.2. The molecule has 0 saturated heterocycles. The topological polar surface area (TPSA) is 3.24 Å². The monoisotopic (exact) mass is 267 g/mol. The highest BCUT2D eigenvalue weighted by molar-refractivity contribution is 14.1. The zero-order valence-electron chi connectivity index (χ0n) is 7.89. The smallest absolute Gasteiger partial charge is 0.0201 e. The Morgan fingerprint density at radius 3 is 2.36 bits per heavy atom. The Labute approximate surface area is 83.7 Å². The van der Waals surface area contributed by atoms with Crippen LogP contribution in [-0.4, -0.2) is 29.5 Å². The second kappa shape index (κ2) is 3.21. The molecule has 3 atom stereocenters. The SMILES string of the molecule is CC1CC(C)(CN(C)C)C1I. The zero-order chi connectivity index (χ0) is 8.65. The number of hydrogen-bond acceptors (Lipinski definition) is 1. The van der Waals surface area contributed by atoms with Crippen molar-refractivity contribution in [1.82, 2.24) is 4.90 Å². The number of rotatable bonds is 2. The van der Waals surface area contributed by atoms with E-state index in [0.29, 0.717) is 5.41 Å². The molecular formula is C9H18IN. The molecule has 0 spiro atoms. The third-order valence-corrected chi connectivity index (χ3v) is 5.36. The molecule has 1 fully saturated rings. The van der Waals surface area contributed by atoms with Crippen LogP contribution in [-0.2, 0) is 0 Å². The summed E-state index contributed by atoms with van der Waals surface area (Å²) in [6, 6.07) is 0. The third-order valence-electron chi connectivity index (χ3n) is 2.63. The molecule has 66 valence electrons. The Kier molecular flexibility index (Phi) is 2.85. The van der Waals surface area contributed by atoms with Gasteiger partial charge < -0.3 is 4.90 Å². The molecule has 11 heavy (non-hydrogen) atoms. The van der Waals surface area contributed by atoms with Gasteiger partial charge in [0.1, 0.15) is 0 Å². The molecule has 3 unspecified atom stereocenters. The van der Waals surface area contributed by atoms with Gasteiger partial charge in [-0.3, -0.25) is 0 Å². The minimum atomic E-state index is 0.587. The van der Waals surface area contributed by atoms with Gasteiger partial charge in [0.2, 0.25) is 0 Å². The first-order chi connectivity index (χ1) is 4.96. The number of halogens is 1. The average Bonchev–Trinajstić information content (AvgIpc) is 1.85. The zero-order valence-corrected chi connectivity index (χ0v) is 10.1. The number of alkyl halides is 1. The van der Waals surface area contributed by atoms with Crippen molar-refractivity contribution in [2.24, 2.45) is 11.3 Å². The van der Waals surface area contributed by atoms with E-state index in [1.165, 1.54) is 13.0 Å². The van der Waals surface area contributed by atoms with E-state index in [4.69, 9.17) is 0 Å². The summed E-state index contributed by atoms with van der Waals surface area (Å²) in [5, 5.41) is 0. The Balaban J connectivity index is 2.44. The van der Waals surface area contributed by atoms with Crippen LogP contribution in [0.15, 0.2) is 0 Å². The van der Waals surface area contributed by atoms with E-state index in [1.54, 1.807) is 0 Å². The minimum Gasteiger partial charge on any atom is -0.309 e. The second-order valence-electron chi connectivity index (χ2n) is 4.47. The molecule has 1 aliphatic rings. The van der Waals surface area contributed by atoms with E-state index in [2.05, 4.69) is 55.4 Å². The molecule has 1 rings (SSSR count). The summed E-state index contributed by atoms with van der Waals surface area (Å²) in [4.78, 5) is 2.30. The fourth-order valence-corrected chi connectivity index (χ4v) is 3.06. The standard InChI is InChI=1S/C9H18IN/c1-7-5-9(2,8(7)10)6-11(3)4/h7-8H,5-6H2,1-4H3. The highest BCUT2D eigenvalue weighted by Gasteiger charge is 2.46. The molecule has 0 heterocycles. The molecule has 2 heteroatoms. The number of hydrogen-bond donors (Lipinski definition) is 0. The summed E-state index contributed by atoms with van der Waals surface area (Å²) in [6.07, 6.45) is 1.40. The van der Waals surface area contributed by atoms with Crippen LogP contribution in [0, 0.1) is 11.3 Å². The second-order valence-corrected chi connectivity index (χ2v) is 5.82. The molecule has 0 aliphatic heterocycles. The van der Waals surface area contributed by atoms with Gasteiger partial charge in [-0.15, -0.1) is 0 Å². The molecule has 0 aromatic heterocycles. The van der Waals surface area contributed by atoms with Gasteiger partial charge in [-0.25, -0.2) is 0 Å². The van der Waals surface area contributed by atoms with E-state index in [0.717, 1.165) is 9.84 Å². The minimum absolute atomic E-state index is 0.587. The maximum Gasteiger partial charge on any atom is 0.0201 e.